The van der Waals surface area contributed by atoms with Gasteiger partial charge >= 0.3 is 0 Å². The van der Waals surface area contributed by atoms with Gasteiger partial charge in [0.05, 0.1) is 0 Å². The van der Waals surface area contributed by atoms with E-state index >= 15 is 0 Å². The Labute approximate surface area is 118 Å². The molecule has 2 rings (SSSR count). The minimum Gasteiger partial charge on any atom is -0.355 e. The minimum absolute atomic E-state index is 0.524. The zero-order valence-corrected chi connectivity index (χ0v) is 12.6. The molecule has 1 aliphatic rings. The average Bonchev–Trinajstić information content (AvgIpc) is 2.38. The van der Waals surface area contributed by atoms with Crippen molar-refractivity contribution in [3.05, 3.63) is 11.2 Å². The zero-order chi connectivity index (χ0) is 13.1. The maximum Gasteiger partial charge on any atom is 0.190 e. The highest BCUT2D eigenvalue weighted by atomic mass is 35.5. The Hall–Kier alpha value is -0.520. The van der Waals surface area contributed by atoms with Gasteiger partial charge < -0.3 is 9.80 Å². The summed E-state index contributed by atoms with van der Waals surface area (Å²) in [5.74, 6) is 0.950. The molecule has 1 aromatic rings. The van der Waals surface area contributed by atoms with E-state index in [1.807, 2.05) is 12.3 Å². The van der Waals surface area contributed by atoms with Crippen LogP contribution in [0.4, 0.5) is 5.82 Å². The van der Waals surface area contributed by atoms with Crippen molar-refractivity contribution in [2.24, 2.45) is 0 Å². The van der Waals surface area contributed by atoms with Crippen molar-refractivity contribution in [2.75, 3.05) is 38.3 Å². The largest absolute Gasteiger partial charge is 0.355 e. The van der Waals surface area contributed by atoms with Crippen molar-refractivity contribution in [2.45, 2.75) is 24.0 Å². The fourth-order valence-corrected chi connectivity index (χ4v) is 2.83. The molecule has 100 valence electrons. The molecule has 2 heterocycles. The van der Waals surface area contributed by atoms with Crippen LogP contribution < -0.4 is 4.90 Å². The summed E-state index contributed by atoms with van der Waals surface area (Å²) in [5, 5.41) is 1.26. The van der Waals surface area contributed by atoms with Crippen LogP contribution in [0.3, 0.4) is 0 Å². The van der Waals surface area contributed by atoms with Crippen LogP contribution in [0.15, 0.2) is 11.2 Å². The second-order valence-electron chi connectivity index (χ2n) is 4.74. The van der Waals surface area contributed by atoms with Crippen molar-refractivity contribution in [1.29, 1.82) is 0 Å². The fourth-order valence-electron chi connectivity index (χ4n) is 2.22. The van der Waals surface area contributed by atoms with Gasteiger partial charge in [-0.25, -0.2) is 9.97 Å². The molecule has 1 saturated heterocycles. The number of piperidine rings is 1. The number of hydrogen-bond donors (Lipinski definition) is 0. The maximum atomic E-state index is 6.05. The molecule has 1 fully saturated rings. The summed E-state index contributed by atoms with van der Waals surface area (Å²) in [4.78, 5) is 13.3. The number of hydrogen-bond acceptors (Lipinski definition) is 5. The fraction of sp³-hybridized carbons (Fsp3) is 0.667. The molecule has 6 heteroatoms. The lowest BCUT2D eigenvalue weighted by atomic mass is 10.1. The summed E-state index contributed by atoms with van der Waals surface area (Å²) in [6.07, 6.45) is 4.41. The number of rotatable bonds is 3. The van der Waals surface area contributed by atoms with Gasteiger partial charge in [0.25, 0.3) is 0 Å². The molecule has 0 aliphatic carbocycles. The number of likely N-dealkylation sites (N-methyl/N-ethyl adjacent to an activating group) is 1. The van der Waals surface area contributed by atoms with Gasteiger partial charge in [-0.2, -0.15) is 0 Å². The van der Waals surface area contributed by atoms with Crippen molar-refractivity contribution in [3.63, 3.8) is 0 Å². The Balaban J connectivity index is 2.17. The summed E-state index contributed by atoms with van der Waals surface area (Å²) in [7, 11) is 4.27. The Morgan fingerprint density at radius 2 is 2.22 bits per heavy atom. The number of halogens is 1. The third-order valence-electron chi connectivity index (χ3n) is 3.29. The van der Waals surface area contributed by atoms with Crippen LogP contribution in [0, 0.1) is 0 Å². The van der Waals surface area contributed by atoms with E-state index in [1.165, 1.54) is 24.6 Å². The molecular formula is C12H19ClN4S. The molecule has 0 saturated carbocycles. The number of nitrogens with zero attached hydrogens (tertiary/aromatic N) is 4. The number of anilines is 1. The predicted molar refractivity (Wildman–Crippen MR) is 77.7 cm³/mol. The normalized spacial score (nSPS) is 20.5. The molecule has 0 spiro atoms. The molecule has 1 aliphatic heterocycles. The molecule has 1 atom stereocenters. The number of aromatic nitrogens is 2. The van der Waals surface area contributed by atoms with E-state index in [9.17, 15) is 0 Å². The van der Waals surface area contributed by atoms with Crippen LogP contribution in [-0.2, 0) is 0 Å². The van der Waals surface area contributed by atoms with Gasteiger partial charge in [0.15, 0.2) is 5.16 Å². The molecule has 0 N–H and O–H groups in total. The quantitative estimate of drug-likeness (QED) is 0.484. The first-order valence-corrected chi connectivity index (χ1v) is 7.70. The monoisotopic (exact) mass is 286 g/mol. The van der Waals surface area contributed by atoms with Crippen molar-refractivity contribution < 1.29 is 0 Å². The van der Waals surface area contributed by atoms with Gasteiger partial charge in [-0.15, -0.1) is 0 Å². The van der Waals surface area contributed by atoms with Crippen LogP contribution in [0.2, 0.25) is 5.15 Å². The average molecular weight is 287 g/mol. The van der Waals surface area contributed by atoms with Gasteiger partial charge in [-0.1, -0.05) is 23.4 Å². The Morgan fingerprint density at radius 3 is 2.89 bits per heavy atom. The number of thioether (sulfide) groups is 1. The SMILES string of the molecule is CSc1nc(Cl)cc(N2CCCC(N(C)C)C2)n1. The van der Waals surface area contributed by atoms with E-state index in [2.05, 4.69) is 33.9 Å². The lowest BCUT2D eigenvalue weighted by Crippen LogP contribution is -2.45. The predicted octanol–water partition coefficient (Wildman–Crippen LogP) is 2.38. The van der Waals surface area contributed by atoms with Crippen LogP contribution in [0.5, 0.6) is 0 Å². The van der Waals surface area contributed by atoms with Crippen LogP contribution >= 0.6 is 23.4 Å². The van der Waals surface area contributed by atoms with Crippen LogP contribution in [0.1, 0.15) is 12.8 Å². The lowest BCUT2D eigenvalue weighted by molar-refractivity contribution is 0.257. The molecule has 1 unspecified atom stereocenters. The lowest BCUT2D eigenvalue weighted by Gasteiger charge is -2.36. The topological polar surface area (TPSA) is 32.3 Å². The van der Waals surface area contributed by atoms with Crippen LogP contribution in [-0.4, -0.2) is 54.4 Å². The molecule has 0 amide bonds. The maximum absolute atomic E-state index is 6.05. The van der Waals surface area contributed by atoms with E-state index in [-0.39, 0.29) is 0 Å². The van der Waals surface area contributed by atoms with Gasteiger partial charge in [0.1, 0.15) is 11.0 Å². The van der Waals surface area contributed by atoms with E-state index in [0.717, 1.165) is 24.1 Å². The second-order valence-corrected chi connectivity index (χ2v) is 5.90. The Morgan fingerprint density at radius 1 is 1.44 bits per heavy atom. The highest BCUT2D eigenvalue weighted by molar-refractivity contribution is 7.98. The van der Waals surface area contributed by atoms with Crippen molar-refractivity contribution >= 4 is 29.2 Å². The second kappa shape index (κ2) is 6.08. The van der Waals surface area contributed by atoms with Gasteiger partial charge in [0.2, 0.25) is 0 Å². The molecule has 18 heavy (non-hydrogen) atoms. The smallest absolute Gasteiger partial charge is 0.190 e. The van der Waals surface area contributed by atoms with E-state index in [1.54, 1.807) is 0 Å². The first-order chi connectivity index (χ1) is 8.60. The van der Waals surface area contributed by atoms with Crippen molar-refractivity contribution in [3.8, 4) is 0 Å². The van der Waals surface area contributed by atoms with Crippen LogP contribution in [0.25, 0.3) is 0 Å². The molecule has 4 nitrogen and oxygen atoms in total. The Bertz CT molecular complexity index is 413. The summed E-state index contributed by atoms with van der Waals surface area (Å²) in [6, 6.07) is 2.45. The van der Waals surface area contributed by atoms with Gasteiger partial charge in [-0.05, 0) is 33.2 Å². The van der Waals surface area contributed by atoms with E-state index in [4.69, 9.17) is 11.6 Å². The molecule has 1 aromatic heterocycles. The van der Waals surface area contributed by atoms with E-state index in [0.29, 0.717) is 11.2 Å². The zero-order valence-electron chi connectivity index (χ0n) is 11.1. The van der Waals surface area contributed by atoms with Gasteiger partial charge in [-0.3, -0.25) is 0 Å². The highest BCUT2D eigenvalue weighted by Crippen LogP contribution is 2.24. The third-order valence-corrected chi connectivity index (χ3v) is 4.04. The summed E-state index contributed by atoms with van der Waals surface area (Å²) < 4.78 is 0. The standard InChI is InChI=1S/C12H19ClN4S/c1-16(2)9-5-4-6-17(8-9)11-7-10(13)14-12(15-11)18-3/h7,9H,4-6,8H2,1-3H3. The van der Waals surface area contributed by atoms with Crippen molar-refractivity contribution in [1.82, 2.24) is 14.9 Å². The van der Waals surface area contributed by atoms with Gasteiger partial charge in [0, 0.05) is 25.2 Å². The first kappa shape index (κ1) is 13.9. The third kappa shape index (κ3) is 3.28. The molecule has 0 bridgehead atoms. The molecular weight excluding hydrogens is 268 g/mol. The summed E-state index contributed by atoms with van der Waals surface area (Å²) >= 11 is 7.57. The first-order valence-electron chi connectivity index (χ1n) is 6.10. The minimum atomic E-state index is 0.524. The molecule has 0 radical (unpaired) electrons. The van der Waals surface area contributed by atoms with E-state index < -0.39 is 0 Å². The highest BCUT2D eigenvalue weighted by Gasteiger charge is 2.22. The summed E-state index contributed by atoms with van der Waals surface area (Å²) in [6.45, 7) is 2.06. The molecule has 0 aromatic carbocycles. The summed E-state index contributed by atoms with van der Waals surface area (Å²) in [5.41, 5.74) is 0. The Kier molecular flexibility index (Phi) is 4.70.